The third kappa shape index (κ3) is 2.52. The molecule has 0 spiro atoms. The summed E-state index contributed by atoms with van der Waals surface area (Å²) in [6, 6.07) is 18.2. The van der Waals surface area contributed by atoms with E-state index in [1.54, 1.807) is 24.3 Å². The largest absolute Gasteiger partial charge is 0.373 e. The number of carbonyl (C=O) groups is 1. The molecule has 0 saturated heterocycles. The van der Waals surface area contributed by atoms with Crippen LogP contribution < -0.4 is 0 Å². The van der Waals surface area contributed by atoms with Crippen LogP contribution >= 0.6 is 0 Å². The number of Topliss-reactive ketones (excluding diaryl/α,β-unsaturated/α-hetero) is 1. The van der Waals surface area contributed by atoms with E-state index >= 15 is 0 Å². The fourth-order valence-electron chi connectivity index (χ4n) is 2.33. The van der Waals surface area contributed by atoms with E-state index in [2.05, 4.69) is 0 Å². The van der Waals surface area contributed by atoms with Gasteiger partial charge in [-0.15, -0.1) is 0 Å². The quantitative estimate of drug-likeness (QED) is 0.924. The van der Waals surface area contributed by atoms with Crippen LogP contribution in [0.4, 0.5) is 0 Å². The van der Waals surface area contributed by atoms with Gasteiger partial charge < -0.3 is 5.11 Å². The number of carbonyl (C=O) groups excluding carboxylic acids is 1. The molecular weight excluding hydrogens is 248 g/mol. The first-order valence-electron chi connectivity index (χ1n) is 6.75. The Kier molecular flexibility index (Phi) is 3.78. The lowest BCUT2D eigenvalue weighted by Crippen LogP contribution is -2.43. The van der Waals surface area contributed by atoms with Crippen molar-refractivity contribution in [1.29, 1.82) is 0 Å². The van der Waals surface area contributed by atoms with Crippen molar-refractivity contribution in [2.24, 2.45) is 5.41 Å². The van der Waals surface area contributed by atoms with E-state index in [1.165, 1.54) is 0 Å². The Bertz CT molecular complexity index is 540. The number of hydrogen-bond acceptors (Lipinski definition) is 2. The maximum atomic E-state index is 12.8. The molecule has 0 radical (unpaired) electrons. The highest BCUT2D eigenvalue weighted by molar-refractivity contribution is 5.95. The second-order valence-electron chi connectivity index (χ2n) is 6.02. The molecule has 0 atom stereocenters. The molecule has 0 amide bonds. The Labute approximate surface area is 120 Å². The SMILES string of the molecule is CC(C)(C)C(=O)C(O)(c1ccccc1)c1ccccc1. The monoisotopic (exact) mass is 268 g/mol. The van der Waals surface area contributed by atoms with Crippen molar-refractivity contribution in [3.05, 3.63) is 71.8 Å². The molecule has 2 aromatic carbocycles. The Balaban J connectivity index is 2.65. The van der Waals surface area contributed by atoms with Gasteiger partial charge in [0.15, 0.2) is 11.4 Å². The number of aliphatic hydroxyl groups is 1. The minimum Gasteiger partial charge on any atom is -0.373 e. The molecule has 0 bridgehead atoms. The van der Waals surface area contributed by atoms with Gasteiger partial charge >= 0.3 is 0 Å². The van der Waals surface area contributed by atoms with Crippen LogP contribution in [-0.2, 0) is 10.4 Å². The smallest absolute Gasteiger partial charge is 0.178 e. The summed E-state index contributed by atoms with van der Waals surface area (Å²) < 4.78 is 0. The van der Waals surface area contributed by atoms with E-state index in [0.29, 0.717) is 11.1 Å². The van der Waals surface area contributed by atoms with Crippen molar-refractivity contribution in [2.75, 3.05) is 0 Å². The molecule has 2 nitrogen and oxygen atoms in total. The van der Waals surface area contributed by atoms with Gasteiger partial charge in [-0.25, -0.2) is 0 Å². The van der Waals surface area contributed by atoms with E-state index in [9.17, 15) is 9.90 Å². The molecule has 1 N–H and O–H groups in total. The lowest BCUT2D eigenvalue weighted by atomic mass is 9.73. The van der Waals surface area contributed by atoms with E-state index < -0.39 is 11.0 Å². The summed E-state index contributed by atoms with van der Waals surface area (Å²) in [5.74, 6) is -0.206. The summed E-state index contributed by atoms with van der Waals surface area (Å²) in [7, 11) is 0. The zero-order valence-electron chi connectivity index (χ0n) is 12.1. The van der Waals surface area contributed by atoms with E-state index in [4.69, 9.17) is 0 Å². The molecule has 2 aromatic rings. The third-order valence-electron chi connectivity index (χ3n) is 3.39. The van der Waals surface area contributed by atoms with Crippen LogP contribution in [0.1, 0.15) is 31.9 Å². The normalized spacial score (nSPS) is 12.2. The first-order valence-corrected chi connectivity index (χ1v) is 6.75. The predicted octanol–water partition coefficient (Wildman–Crippen LogP) is 3.54. The summed E-state index contributed by atoms with van der Waals surface area (Å²) in [5, 5.41) is 11.2. The second-order valence-corrected chi connectivity index (χ2v) is 6.02. The van der Waals surface area contributed by atoms with Crippen molar-refractivity contribution >= 4 is 5.78 Å². The average Bonchev–Trinajstić information content (AvgIpc) is 2.46. The minimum atomic E-state index is -1.61. The van der Waals surface area contributed by atoms with Gasteiger partial charge in [-0.2, -0.15) is 0 Å². The molecule has 0 unspecified atom stereocenters. The number of ketones is 1. The summed E-state index contributed by atoms with van der Waals surface area (Å²) in [6.07, 6.45) is 0. The molecule has 0 aliphatic heterocycles. The molecule has 104 valence electrons. The zero-order valence-corrected chi connectivity index (χ0v) is 12.1. The van der Waals surface area contributed by atoms with Crippen LogP contribution in [0.2, 0.25) is 0 Å². The highest BCUT2D eigenvalue weighted by Crippen LogP contribution is 2.36. The van der Waals surface area contributed by atoms with Gasteiger partial charge in [0.1, 0.15) is 0 Å². The number of benzene rings is 2. The van der Waals surface area contributed by atoms with Gasteiger partial charge in [0.05, 0.1) is 0 Å². The first-order chi connectivity index (χ1) is 9.37. The van der Waals surface area contributed by atoms with Crippen LogP contribution in [0.5, 0.6) is 0 Å². The van der Waals surface area contributed by atoms with Gasteiger partial charge in [0.25, 0.3) is 0 Å². The standard InChI is InChI=1S/C18H20O2/c1-17(2,3)16(19)18(20,14-10-6-4-7-11-14)15-12-8-5-9-13-15/h4-13,20H,1-3H3. The first kappa shape index (κ1) is 14.5. The molecule has 0 aliphatic rings. The third-order valence-corrected chi connectivity index (χ3v) is 3.39. The van der Waals surface area contributed by atoms with Crippen molar-refractivity contribution in [3.63, 3.8) is 0 Å². The molecular formula is C18H20O2. The fourth-order valence-corrected chi connectivity index (χ4v) is 2.33. The summed E-state index contributed by atoms with van der Waals surface area (Å²) in [6.45, 7) is 5.48. The average molecular weight is 268 g/mol. The highest BCUT2D eigenvalue weighted by Gasteiger charge is 2.44. The Morgan fingerprint density at radius 3 is 1.45 bits per heavy atom. The number of hydrogen-bond donors (Lipinski definition) is 1. The fraction of sp³-hybridized carbons (Fsp3) is 0.278. The minimum absolute atomic E-state index is 0.206. The van der Waals surface area contributed by atoms with Crippen LogP contribution in [0, 0.1) is 5.41 Å². The summed E-state index contributed by atoms with van der Waals surface area (Å²) >= 11 is 0. The molecule has 0 heterocycles. The zero-order chi connectivity index (χ0) is 14.8. The molecule has 0 fully saturated rings. The van der Waals surface area contributed by atoms with Crippen LogP contribution in [-0.4, -0.2) is 10.9 Å². The van der Waals surface area contributed by atoms with E-state index in [0.717, 1.165) is 0 Å². The van der Waals surface area contributed by atoms with Gasteiger partial charge in [0, 0.05) is 5.41 Å². The van der Waals surface area contributed by atoms with Crippen molar-refractivity contribution in [3.8, 4) is 0 Å². The molecule has 2 rings (SSSR count). The van der Waals surface area contributed by atoms with Gasteiger partial charge in [0.2, 0.25) is 0 Å². The second kappa shape index (κ2) is 5.22. The molecule has 2 heteroatoms. The Hall–Kier alpha value is -1.93. The Morgan fingerprint density at radius 2 is 1.15 bits per heavy atom. The summed E-state index contributed by atoms with van der Waals surface area (Å²) in [4.78, 5) is 12.8. The van der Waals surface area contributed by atoms with Crippen molar-refractivity contribution in [1.82, 2.24) is 0 Å². The van der Waals surface area contributed by atoms with Gasteiger partial charge in [-0.05, 0) is 11.1 Å². The highest BCUT2D eigenvalue weighted by atomic mass is 16.3. The molecule has 20 heavy (non-hydrogen) atoms. The predicted molar refractivity (Wildman–Crippen MR) is 80.3 cm³/mol. The van der Waals surface area contributed by atoms with Crippen LogP contribution in [0.25, 0.3) is 0 Å². The Morgan fingerprint density at radius 1 is 0.800 bits per heavy atom. The molecule has 0 aromatic heterocycles. The van der Waals surface area contributed by atoms with Crippen LogP contribution in [0.3, 0.4) is 0 Å². The van der Waals surface area contributed by atoms with Crippen LogP contribution in [0.15, 0.2) is 60.7 Å². The lowest BCUT2D eigenvalue weighted by Gasteiger charge is -2.33. The van der Waals surface area contributed by atoms with Gasteiger partial charge in [-0.1, -0.05) is 81.4 Å². The lowest BCUT2D eigenvalue weighted by molar-refractivity contribution is -0.142. The van der Waals surface area contributed by atoms with Crippen molar-refractivity contribution < 1.29 is 9.90 Å². The topological polar surface area (TPSA) is 37.3 Å². The molecule has 0 saturated carbocycles. The summed E-state index contributed by atoms with van der Waals surface area (Å²) in [5.41, 5.74) is -1.04. The molecule has 0 aliphatic carbocycles. The van der Waals surface area contributed by atoms with E-state index in [1.807, 2.05) is 57.2 Å². The number of rotatable bonds is 3. The van der Waals surface area contributed by atoms with Gasteiger partial charge in [-0.3, -0.25) is 4.79 Å². The maximum absolute atomic E-state index is 12.8. The maximum Gasteiger partial charge on any atom is 0.178 e. The van der Waals surface area contributed by atoms with Crippen molar-refractivity contribution in [2.45, 2.75) is 26.4 Å². The van der Waals surface area contributed by atoms with E-state index in [-0.39, 0.29) is 5.78 Å².